The molecular formula is C18H20N2O4. The molecule has 0 spiro atoms. The van der Waals surface area contributed by atoms with E-state index in [1.165, 1.54) is 0 Å². The molecule has 0 bridgehead atoms. The largest absolute Gasteiger partial charge is 0.479 e. The molecule has 0 saturated heterocycles. The summed E-state index contributed by atoms with van der Waals surface area (Å²) in [6.07, 6.45) is 1.96. The highest BCUT2D eigenvalue weighted by Crippen LogP contribution is 2.33. The monoisotopic (exact) mass is 328 g/mol. The fraction of sp³-hybridized carbons (Fsp3) is 0.333. The van der Waals surface area contributed by atoms with Gasteiger partial charge in [0.2, 0.25) is 5.91 Å². The Balaban J connectivity index is 1.53. The molecule has 2 amide bonds. The summed E-state index contributed by atoms with van der Waals surface area (Å²) in [5.41, 5.74) is 0.712. The number of rotatable bonds is 6. The fourth-order valence-electron chi connectivity index (χ4n) is 2.67. The molecule has 6 heteroatoms. The van der Waals surface area contributed by atoms with Crippen LogP contribution in [0.4, 0.5) is 5.69 Å². The zero-order valence-corrected chi connectivity index (χ0v) is 13.5. The average molecular weight is 328 g/mol. The normalized spacial score (nSPS) is 16.5. The number of benzene rings is 1. The molecule has 0 fully saturated rings. The highest BCUT2D eigenvalue weighted by Gasteiger charge is 2.31. The maximum atomic E-state index is 12.3. The van der Waals surface area contributed by atoms with Crippen LogP contribution < -0.4 is 15.0 Å². The standard InChI is InChI=1S/C18H20N2O4/c1-13-18(22)20(15-6-2-3-7-16(15)24-13)11-9-17(21)19-10-8-14-5-4-12-23-14/h2-7,12-13H,8-11H2,1H3,(H,19,21). The van der Waals surface area contributed by atoms with Gasteiger partial charge in [-0.25, -0.2) is 0 Å². The molecule has 1 aromatic heterocycles. The van der Waals surface area contributed by atoms with Gasteiger partial charge in [0.25, 0.3) is 5.91 Å². The van der Waals surface area contributed by atoms with Crippen molar-refractivity contribution in [2.45, 2.75) is 25.9 Å². The van der Waals surface area contributed by atoms with E-state index in [0.29, 0.717) is 30.9 Å². The molecule has 1 unspecified atom stereocenters. The number of carbonyl (C=O) groups is 2. The summed E-state index contributed by atoms with van der Waals surface area (Å²) in [6.45, 7) is 2.56. The van der Waals surface area contributed by atoms with Gasteiger partial charge in [-0.1, -0.05) is 12.1 Å². The van der Waals surface area contributed by atoms with Crippen molar-refractivity contribution in [1.82, 2.24) is 5.32 Å². The third-order valence-electron chi connectivity index (χ3n) is 3.91. The minimum absolute atomic E-state index is 0.0917. The lowest BCUT2D eigenvalue weighted by Crippen LogP contribution is -2.45. The first-order chi connectivity index (χ1) is 11.6. The Morgan fingerprint density at radius 3 is 2.88 bits per heavy atom. The molecular weight excluding hydrogens is 308 g/mol. The van der Waals surface area contributed by atoms with Gasteiger partial charge in [-0.05, 0) is 31.2 Å². The summed E-state index contributed by atoms with van der Waals surface area (Å²) >= 11 is 0. The molecule has 1 atom stereocenters. The van der Waals surface area contributed by atoms with E-state index < -0.39 is 6.10 Å². The van der Waals surface area contributed by atoms with Crippen LogP contribution in [0.1, 0.15) is 19.1 Å². The van der Waals surface area contributed by atoms with Gasteiger partial charge in [-0.2, -0.15) is 0 Å². The van der Waals surface area contributed by atoms with E-state index >= 15 is 0 Å². The van der Waals surface area contributed by atoms with Crippen LogP contribution in [0.3, 0.4) is 0 Å². The quantitative estimate of drug-likeness (QED) is 0.882. The maximum Gasteiger partial charge on any atom is 0.267 e. The van der Waals surface area contributed by atoms with E-state index in [2.05, 4.69) is 5.32 Å². The predicted molar refractivity (Wildman–Crippen MR) is 88.9 cm³/mol. The molecule has 24 heavy (non-hydrogen) atoms. The predicted octanol–water partition coefficient (Wildman–Crippen LogP) is 2.14. The van der Waals surface area contributed by atoms with Crippen LogP contribution in [0.15, 0.2) is 47.1 Å². The first kappa shape index (κ1) is 16.1. The Kier molecular flexibility index (Phi) is 4.84. The molecule has 0 aliphatic carbocycles. The Hall–Kier alpha value is -2.76. The van der Waals surface area contributed by atoms with E-state index in [0.717, 1.165) is 5.76 Å². The number of para-hydroxylation sites is 2. The third kappa shape index (κ3) is 3.59. The molecule has 126 valence electrons. The Morgan fingerprint density at radius 1 is 1.25 bits per heavy atom. The second kappa shape index (κ2) is 7.21. The van der Waals surface area contributed by atoms with Crippen LogP contribution in [0.25, 0.3) is 0 Å². The van der Waals surface area contributed by atoms with Crippen LogP contribution in [0, 0.1) is 0 Å². The number of nitrogens with one attached hydrogen (secondary N) is 1. The number of amides is 2. The van der Waals surface area contributed by atoms with Crippen molar-refractivity contribution in [3.8, 4) is 5.75 Å². The van der Waals surface area contributed by atoms with Gasteiger partial charge in [0.15, 0.2) is 6.10 Å². The number of ether oxygens (including phenoxy) is 1. The van der Waals surface area contributed by atoms with Crippen LogP contribution in [0.5, 0.6) is 5.75 Å². The second-order valence-corrected chi connectivity index (χ2v) is 5.65. The summed E-state index contributed by atoms with van der Waals surface area (Å²) in [5.74, 6) is 1.28. The van der Waals surface area contributed by atoms with E-state index in [4.69, 9.17) is 9.15 Å². The molecule has 1 N–H and O–H groups in total. The molecule has 1 aromatic carbocycles. The third-order valence-corrected chi connectivity index (χ3v) is 3.91. The first-order valence-corrected chi connectivity index (χ1v) is 8.01. The highest BCUT2D eigenvalue weighted by atomic mass is 16.5. The van der Waals surface area contributed by atoms with Crippen molar-refractivity contribution in [1.29, 1.82) is 0 Å². The summed E-state index contributed by atoms with van der Waals surface area (Å²) < 4.78 is 10.8. The molecule has 0 saturated carbocycles. The second-order valence-electron chi connectivity index (χ2n) is 5.65. The Morgan fingerprint density at radius 2 is 2.08 bits per heavy atom. The Bertz CT molecular complexity index is 712. The van der Waals surface area contributed by atoms with Gasteiger partial charge in [0.05, 0.1) is 12.0 Å². The topological polar surface area (TPSA) is 71.8 Å². The average Bonchev–Trinajstić information content (AvgIpc) is 3.09. The van der Waals surface area contributed by atoms with Crippen molar-refractivity contribution in [2.24, 2.45) is 0 Å². The van der Waals surface area contributed by atoms with Gasteiger partial charge in [-0.15, -0.1) is 0 Å². The summed E-state index contributed by atoms with van der Waals surface area (Å²) in [6, 6.07) is 11.1. The van der Waals surface area contributed by atoms with Crippen LogP contribution in [-0.4, -0.2) is 31.0 Å². The maximum absolute atomic E-state index is 12.3. The number of hydrogen-bond donors (Lipinski definition) is 1. The molecule has 6 nitrogen and oxygen atoms in total. The van der Waals surface area contributed by atoms with Gasteiger partial charge in [0, 0.05) is 25.9 Å². The minimum Gasteiger partial charge on any atom is -0.479 e. The molecule has 3 rings (SSSR count). The van der Waals surface area contributed by atoms with Crippen LogP contribution in [-0.2, 0) is 16.0 Å². The number of hydrogen-bond acceptors (Lipinski definition) is 4. The highest BCUT2D eigenvalue weighted by molar-refractivity contribution is 6.00. The summed E-state index contributed by atoms with van der Waals surface area (Å²) in [5, 5.41) is 2.84. The smallest absolute Gasteiger partial charge is 0.267 e. The lowest BCUT2D eigenvalue weighted by atomic mass is 10.1. The summed E-state index contributed by atoms with van der Waals surface area (Å²) in [7, 11) is 0. The van der Waals surface area contributed by atoms with E-state index in [9.17, 15) is 9.59 Å². The molecule has 0 radical (unpaired) electrons. The summed E-state index contributed by atoms with van der Waals surface area (Å²) in [4.78, 5) is 26.0. The number of nitrogens with zero attached hydrogens (tertiary/aromatic N) is 1. The van der Waals surface area contributed by atoms with Gasteiger partial charge in [0.1, 0.15) is 11.5 Å². The van der Waals surface area contributed by atoms with E-state index in [-0.39, 0.29) is 18.2 Å². The van der Waals surface area contributed by atoms with Crippen molar-refractivity contribution >= 4 is 17.5 Å². The van der Waals surface area contributed by atoms with Gasteiger partial charge >= 0.3 is 0 Å². The van der Waals surface area contributed by atoms with Gasteiger partial charge < -0.3 is 19.4 Å². The lowest BCUT2D eigenvalue weighted by molar-refractivity contribution is -0.125. The fourth-order valence-corrected chi connectivity index (χ4v) is 2.67. The zero-order valence-electron chi connectivity index (χ0n) is 13.5. The number of furan rings is 1. The number of anilines is 1. The van der Waals surface area contributed by atoms with Crippen LogP contribution in [0.2, 0.25) is 0 Å². The molecule has 2 heterocycles. The Labute approximate surface area is 140 Å². The number of fused-ring (bicyclic) bond motifs is 1. The SMILES string of the molecule is CC1Oc2ccccc2N(CCC(=O)NCCc2ccco2)C1=O. The van der Waals surface area contributed by atoms with Crippen molar-refractivity contribution in [2.75, 3.05) is 18.0 Å². The molecule has 1 aliphatic rings. The number of carbonyl (C=O) groups excluding carboxylic acids is 2. The zero-order chi connectivity index (χ0) is 16.9. The van der Waals surface area contributed by atoms with Crippen molar-refractivity contribution in [3.63, 3.8) is 0 Å². The van der Waals surface area contributed by atoms with Gasteiger partial charge in [-0.3, -0.25) is 9.59 Å². The van der Waals surface area contributed by atoms with Crippen LogP contribution >= 0.6 is 0 Å². The molecule has 1 aliphatic heterocycles. The van der Waals surface area contributed by atoms with Crippen molar-refractivity contribution < 1.29 is 18.7 Å². The minimum atomic E-state index is -0.540. The lowest BCUT2D eigenvalue weighted by Gasteiger charge is -2.32. The van der Waals surface area contributed by atoms with E-state index in [1.807, 2.05) is 36.4 Å². The van der Waals surface area contributed by atoms with E-state index in [1.54, 1.807) is 18.1 Å². The molecule has 2 aromatic rings. The van der Waals surface area contributed by atoms with Crippen molar-refractivity contribution in [3.05, 3.63) is 48.4 Å². The first-order valence-electron chi connectivity index (χ1n) is 8.01.